The molecule has 1 heterocycles. The van der Waals surface area contributed by atoms with Crippen molar-refractivity contribution in [3.63, 3.8) is 0 Å². The highest BCUT2D eigenvalue weighted by Crippen LogP contribution is 2.11. The van der Waals surface area contributed by atoms with Gasteiger partial charge >= 0.3 is 4.87 Å². The van der Waals surface area contributed by atoms with Crippen LogP contribution >= 0.6 is 11.3 Å². The minimum Gasteiger partial charge on any atom is -0.395 e. The zero-order valence-corrected chi connectivity index (χ0v) is 10.9. The maximum absolute atomic E-state index is 13.9. The predicted molar refractivity (Wildman–Crippen MR) is 72.7 cm³/mol. The Labute approximate surface area is 114 Å². The summed E-state index contributed by atoms with van der Waals surface area (Å²) in [5.41, 5.74) is 1.01. The summed E-state index contributed by atoms with van der Waals surface area (Å²) >= 11 is 1.09. The highest BCUT2D eigenvalue weighted by Gasteiger charge is 2.05. The first kappa shape index (κ1) is 13.5. The van der Waals surface area contributed by atoms with Gasteiger partial charge < -0.3 is 9.67 Å². The van der Waals surface area contributed by atoms with Gasteiger partial charge in [0.15, 0.2) is 0 Å². The van der Waals surface area contributed by atoms with E-state index in [1.54, 1.807) is 23.7 Å². The van der Waals surface area contributed by atoms with Gasteiger partial charge in [0, 0.05) is 29.1 Å². The molecule has 0 atom stereocenters. The van der Waals surface area contributed by atoms with Crippen LogP contribution in [0.1, 0.15) is 17.5 Å². The van der Waals surface area contributed by atoms with Crippen molar-refractivity contribution in [3.05, 3.63) is 56.4 Å². The molecule has 0 radical (unpaired) electrons. The molecule has 0 amide bonds. The van der Waals surface area contributed by atoms with Crippen molar-refractivity contribution in [2.75, 3.05) is 6.61 Å². The summed E-state index contributed by atoms with van der Waals surface area (Å²) in [5, 5.41) is 10.3. The highest BCUT2D eigenvalue weighted by molar-refractivity contribution is 7.07. The molecular weight excluding hydrogens is 265 g/mol. The number of aliphatic hydroxyl groups is 1. The maximum atomic E-state index is 13.9. The molecule has 0 aliphatic rings. The first-order chi connectivity index (χ1) is 9.20. The summed E-state index contributed by atoms with van der Waals surface area (Å²) in [6.07, 6.45) is 2.01. The summed E-state index contributed by atoms with van der Waals surface area (Å²) in [4.78, 5) is 11.3. The Morgan fingerprint density at radius 2 is 2.26 bits per heavy atom. The van der Waals surface area contributed by atoms with Crippen LogP contribution in [0, 0.1) is 17.7 Å². The number of hydrogen-bond acceptors (Lipinski definition) is 3. The van der Waals surface area contributed by atoms with E-state index in [1.807, 2.05) is 0 Å². The van der Waals surface area contributed by atoms with Gasteiger partial charge in [0.25, 0.3) is 0 Å². The van der Waals surface area contributed by atoms with Gasteiger partial charge in [-0.05, 0) is 12.1 Å². The molecule has 2 aromatic rings. The smallest absolute Gasteiger partial charge is 0.307 e. The topological polar surface area (TPSA) is 42.2 Å². The van der Waals surface area contributed by atoms with Crippen molar-refractivity contribution in [3.8, 4) is 11.8 Å². The van der Waals surface area contributed by atoms with Gasteiger partial charge in [0.05, 0.1) is 13.2 Å². The Morgan fingerprint density at radius 3 is 2.89 bits per heavy atom. The van der Waals surface area contributed by atoms with Crippen LogP contribution in [0.5, 0.6) is 0 Å². The zero-order valence-electron chi connectivity index (χ0n) is 10.1. The molecule has 0 spiro atoms. The van der Waals surface area contributed by atoms with Crippen LogP contribution in [0.25, 0.3) is 0 Å². The van der Waals surface area contributed by atoms with Crippen LogP contribution in [0.3, 0.4) is 0 Å². The number of aromatic nitrogens is 1. The standard InChI is InChI=1S/C14H12FNO2S/c15-13-9-11(3-1-2-7-17)4-5-12(13)10-16-6-8-19-14(16)18/h4-6,8-9,17H,2,7,10H2. The Morgan fingerprint density at radius 1 is 1.42 bits per heavy atom. The molecule has 1 aromatic carbocycles. The zero-order chi connectivity index (χ0) is 13.7. The average molecular weight is 277 g/mol. The number of aliphatic hydroxyl groups excluding tert-OH is 1. The maximum Gasteiger partial charge on any atom is 0.307 e. The lowest BCUT2D eigenvalue weighted by Gasteiger charge is -2.04. The van der Waals surface area contributed by atoms with Crippen molar-refractivity contribution in [2.45, 2.75) is 13.0 Å². The third-order valence-corrected chi connectivity index (χ3v) is 3.20. The van der Waals surface area contributed by atoms with Gasteiger partial charge in [-0.15, -0.1) is 0 Å². The molecule has 3 nitrogen and oxygen atoms in total. The molecule has 0 bridgehead atoms. The second-order valence-electron chi connectivity index (χ2n) is 3.88. The monoisotopic (exact) mass is 277 g/mol. The molecule has 2 rings (SSSR count). The minimum absolute atomic E-state index is 0.00532. The Bertz CT molecular complexity index is 678. The SMILES string of the molecule is O=c1sccn1Cc1ccc(C#CCCO)cc1F. The van der Waals surface area contributed by atoms with E-state index in [-0.39, 0.29) is 23.8 Å². The largest absolute Gasteiger partial charge is 0.395 e. The fraction of sp³-hybridized carbons (Fsp3) is 0.214. The van der Waals surface area contributed by atoms with Gasteiger partial charge in [-0.25, -0.2) is 4.39 Å². The molecular formula is C14H12FNO2S. The first-order valence-electron chi connectivity index (χ1n) is 5.73. The van der Waals surface area contributed by atoms with Crippen LogP contribution in [0.4, 0.5) is 4.39 Å². The van der Waals surface area contributed by atoms with E-state index in [9.17, 15) is 9.18 Å². The van der Waals surface area contributed by atoms with Crippen LogP contribution in [-0.4, -0.2) is 16.3 Å². The minimum atomic E-state index is -0.381. The number of halogens is 1. The predicted octanol–water partition coefficient (Wildman–Crippen LogP) is 1.83. The van der Waals surface area contributed by atoms with E-state index in [0.29, 0.717) is 17.5 Å². The van der Waals surface area contributed by atoms with Gasteiger partial charge in [-0.1, -0.05) is 29.2 Å². The number of rotatable bonds is 3. The van der Waals surface area contributed by atoms with E-state index in [1.165, 1.54) is 10.6 Å². The van der Waals surface area contributed by atoms with E-state index in [0.717, 1.165) is 11.3 Å². The normalized spacial score (nSPS) is 10.0. The lowest BCUT2D eigenvalue weighted by molar-refractivity contribution is 0.305. The first-order valence-corrected chi connectivity index (χ1v) is 6.61. The summed E-state index contributed by atoms with van der Waals surface area (Å²) < 4.78 is 15.3. The second kappa shape index (κ2) is 6.32. The Kier molecular flexibility index (Phi) is 4.50. The highest BCUT2D eigenvalue weighted by atomic mass is 32.1. The third-order valence-electron chi connectivity index (χ3n) is 2.51. The Balaban J connectivity index is 2.19. The molecule has 98 valence electrons. The molecule has 0 aliphatic carbocycles. The van der Waals surface area contributed by atoms with Gasteiger partial charge in [0.1, 0.15) is 5.82 Å². The molecule has 0 fully saturated rings. The number of thiazole rings is 1. The van der Waals surface area contributed by atoms with Crippen LogP contribution in [0.2, 0.25) is 0 Å². The summed E-state index contributed by atoms with van der Waals surface area (Å²) in [7, 11) is 0. The van der Waals surface area contributed by atoms with E-state index < -0.39 is 0 Å². The fourth-order valence-electron chi connectivity index (χ4n) is 1.57. The average Bonchev–Trinajstić information content (AvgIpc) is 2.79. The van der Waals surface area contributed by atoms with E-state index in [4.69, 9.17) is 5.11 Å². The van der Waals surface area contributed by atoms with Crippen LogP contribution in [-0.2, 0) is 6.54 Å². The lowest BCUT2D eigenvalue weighted by atomic mass is 10.1. The number of nitrogens with zero attached hydrogens (tertiary/aromatic N) is 1. The molecule has 1 N–H and O–H groups in total. The van der Waals surface area contributed by atoms with Crippen molar-refractivity contribution < 1.29 is 9.50 Å². The van der Waals surface area contributed by atoms with Crippen molar-refractivity contribution in [1.29, 1.82) is 0 Å². The van der Waals surface area contributed by atoms with E-state index in [2.05, 4.69) is 11.8 Å². The molecule has 0 aliphatic heterocycles. The lowest BCUT2D eigenvalue weighted by Crippen LogP contribution is -2.13. The second-order valence-corrected chi connectivity index (χ2v) is 4.74. The van der Waals surface area contributed by atoms with Crippen LogP contribution in [0.15, 0.2) is 34.6 Å². The summed E-state index contributed by atoms with van der Waals surface area (Å²) in [6, 6.07) is 4.68. The van der Waals surface area contributed by atoms with Gasteiger partial charge in [-0.2, -0.15) is 0 Å². The molecule has 0 saturated heterocycles. The molecule has 19 heavy (non-hydrogen) atoms. The van der Waals surface area contributed by atoms with Gasteiger partial charge in [-0.3, -0.25) is 4.79 Å². The summed E-state index contributed by atoms with van der Waals surface area (Å²) in [6.45, 7) is 0.215. The fourth-order valence-corrected chi connectivity index (χ4v) is 2.15. The molecule has 5 heteroatoms. The van der Waals surface area contributed by atoms with Crippen molar-refractivity contribution in [1.82, 2.24) is 4.57 Å². The molecule has 0 unspecified atom stereocenters. The van der Waals surface area contributed by atoms with Gasteiger partial charge in [0.2, 0.25) is 0 Å². The van der Waals surface area contributed by atoms with Crippen molar-refractivity contribution in [2.24, 2.45) is 0 Å². The third kappa shape index (κ3) is 3.53. The Hall–Kier alpha value is -1.90. The molecule has 1 aromatic heterocycles. The number of hydrogen-bond donors (Lipinski definition) is 1. The molecule has 0 saturated carbocycles. The summed E-state index contributed by atoms with van der Waals surface area (Å²) in [5.74, 6) is 5.12. The van der Waals surface area contributed by atoms with Crippen molar-refractivity contribution >= 4 is 11.3 Å². The number of benzene rings is 1. The quantitative estimate of drug-likeness (QED) is 0.870. The van der Waals surface area contributed by atoms with Crippen LogP contribution < -0.4 is 4.87 Å². The van der Waals surface area contributed by atoms with E-state index >= 15 is 0 Å².